The number of para-hydroxylation sites is 2. The molecule has 0 unspecified atom stereocenters. The van der Waals surface area contributed by atoms with Crippen LogP contribution in [0.3, 0.4) is 0 Å². The van der Waals surface area contributed by atoms with Crippen molar-refractivity contribution in [3.8, 4) is 11.5 Å². The molecule has 7 heteroatoms. The van der Waals surface area contributed by atoms with E-state index < -0.39 is 10.0 Å². The van der Waals surface area contributed by atoms with E-state index >= 15 is 0 Å². The molecule has 0 saturated heterocycles. The summed E-state index contributed by atoms with van der Waals surface area (Å²) in [6.45, 7) is 6.28. The summed E-state index contributed by atoms with van der Waals surface area (Å²) < 4.78 is 38.6. The molecule has 1 aliphatic heterocycles. The summed E-state index contributed by atoms with van der Waals surface area (Å²) in [5, 5.41) is 0. The summed E-state index contributed by atoms with van der Waals surface area (Å²) in [5.41, 5.74) is 1.05. The van der Waals surface area contributed by atoms with Crippen molar-refractivity contribution < 1.29 is 17.9 Å². The Morgan fingerprint density at radius 3 is 2.52 bits per heavy atom. The van der Waals surface area contributed by atoms with Gasteiger partial charge < -0.3 is 14.4 Å². The van der Waals surface area contributed by atoms with Gasteiger partial charge in [0.25, 0.3) is 0 Å². The summed E-state index contributed by atoms with van der Waals surface area (Å²) in [7, 11) is -2.00. The van der Waals surface area contributed by atoms with Crippen molar-refractivity contribution in [1.29, 1.82) is 0 Å². The minimum Gasteiger partial charge on any atom is -0.494 e. The van der Waals surface area contributed by atoms with E-state index in [2.05, 4.69) is 11.8 Å². The first-order valence-electron chi connectivity index (χ1n) is 9.15. The minimum atomic E-state index is -3.59. The molecule has 0 saturated carbocycles. The third-order valence-corrected chi connectivity index (χ3v) is 6.45. The van der Waals surface area contributed by atoms with Crippen molar-refractivity contribution in [2.75, 3.05) is 38.2 Å². The maximum atomic E-state index is 12.9. The number of likely N-dealkylation sites (N-methyl/N-ethyl adjacent to an activating group) is 2. The van der Waals surface area contributed by atoms with Crippen molar-refractivity contribution in [3.05, 3.63) is 48.5 Å². The van der Waals surface area contributed by atoms with E-state index in [0.29, 0.717) is 18.9 Å². The number of ether oxygens (including phenoxy) is 2. The van der Waals surface area contributed by atoms with E-state index in [0.717, 1.165) is 18.0 Å². The van der Waals surface area contributed by atoms with E-state index in [9.17, 15) is 8.42 Å². The van der Waals surface area contributed by atoms with Crippen LogP contribution in [-0.2, 0) is 10.0 Å². The number of rotatable bonds is 7. The highest BCUT2D eigenvalue weighted by molar-refractivity contribution is 7.89. The highest BCUT2D eigenvalue weighted by Gasteiger charge is 2.29. The molecule has 1 aliphatic rings. The second-order valence-corrected chi connectivity index (χ2v) is 8.48. The number of hydrogen-bond donors (Lipinski definition) is 0. The van der Waals surface area contributed by atoms with Gasteiger partial charge in [0.1, 0.15) is 17.6 Å². The number of sulfonamides is 1. The maximum absolute atomic E-state index is 12.9. The van der Waals surface area contributed by atoms with Crippen molar-refractivity contribution in [2.24, 2.45) is 0 Å². The zero-order valence-corrected chi connectivity index (χ0v) is 16.8. The fourth-order valence-electron chi connectivity index (χ4n) is 3.21. The van der Waals surface area contributed by atoms with E-state index in [1.165, 1.54) is 4.31 Å². The van der Waals surface area contributed by atoms with Crippen LogP contribution in [0.1, 0.15) is 13.8 Å². The zero-order valence-electron chi connectivity index (χ0n) is 16.0. The first-order valence-corrected chi connectivity index (χ1v) is 10.6. The smallest absolute Gasteiger partial charge is 0.242 e. The van der Waals surface area contributed by atoms with Gasteiger partial charge in [-0.25, -0.2) is 8.42 Å². The largest absolute Gasteiger partial charge is 0.494 e. The minimum absolute atomic E-state index is 0.234. The second kappa shape index (κ2) is 8.19. The molecule has 3 rings (SSSR count). The molecule has 0 bridgehead atoms. The Hall–Kier alpha value is -2.25. The third kappa shape index (κ3) is 4.20. The molecule has 0 radical (unpaired) electrons. The Balaban J connectivity index is 1.73. The molecule has 0 amide bonds. The molecule has 2 aromatic carbocycles. The van der Waals surface area contributed by atoms with Crippen molar-refractivity contribution in [1.82, 2.24) is 4.31 Å². The Labute approximate surface area is 161 Å². The van der Waals surface area contributed by atoms with Crippen molar-refractivity contribution >= 4 is 15.7 Å². The summed E-state index contributed by atoms with van der Waals surface area (Å²) in [5.74, 6) is 1.45. The Morgan fingerprint density at radius 1 is 1.15 bits per heavy atom. The standard InChI is InChI=1S/C20H26N2O4S/c1-4-22-15-17(26-20-9-7-6-8-19(20)22)14-21(3)27(23,24)18-12-10-16(11-13-18)25-5-2/h6-13,17H,4-5,14-15H2,1-3H3/t17-/m1/s1. The monoisotopic (exact) mass is 390 g/mol. The van der Waals surface area contributed by atoms with Crippen LogP contribution >= 0.6 is 0 Å². The molecule has 0 fully saturated rings. The van der Waals surface area contributed by atoms with Gasteiger partial charge in [0.15, 0.2) is 0 Å². The number of hydrogen-bond acceptors (Lipinski definition) is 5. The molecule has 0 N–H and O–H groups in total. The van der Waals surface area contributed by atoms with E-state index in [-0.39, 0.29) is 17.5 Å². The van der Waals surface area contributed by atoms with Crippen LogP contribution < -0.4 is 14.4 Å². The number of benzene rings is 2. The van der Waals surface area contributed by atoms with Crippen LogP contribution in [0.15, 0.2) is 53.4 Å². The summed E-state index contributed by atoms with van der Waals surface area (Å²) in [6.07, 6.45) is -0.234. The molecule has 0 aliphatic carbocycles. The Bertz CT molecular complexity index is 868. The molecule has 27 heavy (non-hydrogen) atoms. The highest BCUT2D eigenvalue weighted by atomic mass is 32.2. The average Bonchev–Trinajstić information content (AvgIpc) is 2.68. The lowest BCUT2D eigenvalue weighted by molar-refractivity contribution is 0.171. The summed E-state index contributed by atoms with van der Waals surface area (Å²) >= 11 is 0. The van der Waals surface area contributed by atoms with Crippen LogP contribution in [0.25, 0.3) is 0 Å². The van der Waals surface area contributed by atoms with Crippen LogP contribution in [0, 0.1) is 0 Å². The number of nitrogens with zero attached hydrogens (tertiary/aromatic N) is 2. The molecule has 146 valence electrons. The van der Waals surface area contributed by atoms with Gasteiger partial charge in [-0.1, -0.05) is 12.1 Å². The molecule has 1 heterocycles. The number of fused-ring (bicyclic) bond motifs is 1. The first kappa shape index (κ1) is 19.5. The second-order valence-electron chi connectivity index (χ2n) is 6.44. The SMILES string of the molecule is CCOc1ccc(S(=O)(=O)N(C)C[C@@H]2CN(CC)c3ccccc3O2)cc1. The molecule has 0 aromatic heterocycles. The molecule has 2 aromatic rings. The van der Waals surface area contributed by atoms with Gasteiger partial charge in [0, 0.05) is 13.6 Å². The zero-order chi connectivity index (χ0) is 19.4. The molecule has 1 atom stereocenters. The Kier molecular flexibility index (Phi) is 5.92. The van der Waals surface area contributed by atoms with Gasteiger partial charge in [0.05, 0.1) is 30.3 Å². The lowest BCUT2D eigenvalue weighted by Crippen LogP contribution is -2.46. The first-order chi connectivity index (χ1) is 13.0. The average molecular weight is 391 g/mol. The number of anilines is 1. The van der Waals surface area contributed by atoms with Gasteiger partial charge in [-0.3, -0.25) is 0 Å². The molecule has 6 nitrogen and oxygen atoms in total. The predicted octanol–water partition coefficient (Wildman–Crippen LogP) is 2.99. The van der Waals surface area contributed by atoms with Gasteiger partial charge >= 0.3 is 0 Å². The maximum Gasteiger partial charge on any atom is 0.242 e. The lowest BCUT2D eigenvalue weighted by Gasteiger charge is -2.36. The molecule has 0 spiro atoms. The highest BCUT2D eigenvalue weighted by Crippen LogP contribution is 2.33. The van der Waals surface area contributed by atoms with Crippen LogP contribution in [0.2, 0.25) is 0 Å². The Morgan fingerprint density at radius 2 is 1.85 bits per heavy atom. The van der Waals surface area contributed by atoms with Crippen LogP contribution in [0.4, 0.5) is 5.69 Å². The van der Waals surface area contributed by atoms with Gasteiger partial charge in [0.2, 0.25) is 10.0 Å². The topological polar surface area (TPSA) is 59.1 Å². The third-order valence-electron chi connectivity index (χ3n) is 4.61. The van der Waals surface area contributed by atoms with E-state index in [4.69, 9.17) is 9.47 Å². The normalized spacial score (nSPS) is 16.7. The van der Waals surface area contributed by atoms with E-state index in [1.54, 1.807) is 31.3 Å². The fraction of sp³-hybridized carbons (Fsp3) is 0.400. The summed E-state index contributed by atoms with van der Waals surface area (Å²) in [4.78, 5) is 2.46. The van der Waals surface area contributed by atoms with Gasteiger partial charge in [-0.15, -0.1) is 0 Å². The summed E-state index contributed by atoms with van der Waals surface area (Å²) in [6, 6.07) is 14.4. The van der Waals surface area contributed by atoms with Crippen molar-refractivity contribution in [3.63, 3.8) is 0 Å². The predicted molar refractivity (Wildman–Crippen MR) is 106 cm³/mol. The van der Waals surface area contributed by atoms with Gasteiger partial charge in [-0.05, 0) is 50.2 Å². The molecular formula is C20H26N2O4S. The quantitative estimate of drug-likeness (QED) is 0.727. The molecular weight excluding hydrogens is 364 g/mol. The lowest BCUT2D eigenvalue weighted by atomic mass is 10.2. The van der Waals surface area contributed by atoms with Gasteiger partial charge in [-0.2, -0.15) is 4.31 Å². The fourth-order valence-corrected chi connectivity index (χ4v) is 4.42. The van der Waals surface area contributed by atoms with E-state index in [1.807, 2.05) is 31.2 Å². The van der Waals surface area contributed by atoms with Crippen LogP contribution in [-0.4, -0.2) is 52.1 Å². The van der Waals surface area contributed by atoms with Crippen molar-refractivity contribution in [2.45, 2.75) is 24.8 Å². The van der Waals surface area contributed by atoms with Crippen LogP contribution in [0.5, 0.6) is 11.5 Å².